The summed E-state index contributed by atoms with van der Waals surface area (Å²) >= 11 is 0. The fourth-order valence-electron chi connectivity index (χ4n) is 1.37. The van der Waals surface area contributed by atoms with Crippen LogP contribution in [0.4, 0.5) is 5.69 Å². The van der Waals surface area contributed by atoms with Crippen LogP contribution in [-0.2, 0) is 10.0 Å². The number of nitrogens with one attached hydrogen (secondary N) is 1. The Morgan fingerprint density at radius 2 is 1.94 bits per heavy atom. The highest BCUT2D eigenvalue weighted by Gasteiger charge is 2.22. The highest BCUT2D eigenvalue weighted by Crippen LogP contribution is 2.19. The van der Waals surface area contributed by atoms with Crippen molar-refractivity contribution in [3.05, 3.63) is 36.5 Å². The van der Waals surface area contributed by atoms with Crippen LogP contribution >= 0.6 is 0 Å². The van der Waals surface area contributed by atoms with Crippen LogP contribution in [0.1, 0.15) is 5.82 Å². The zero-order valence-corrected chi connectivity index (χ0v) is 10.3. The Bertz CT molecular complexity index is 606. The van der Waals surface area contributed by atoms with Crippen molar-refractivity contribution in [1.29, 1.82) is 0 Å². The highest BCUT2D eigenvalue weighted by atomic mass is 32.2. The molecule has 0 saturated heterocycles. The number of imidazole rings is 1. The summed E-state index contributed by atoms with van der Waals surface area (Å²) < 4.78 is 25.5. The molecule has 7 heteroatoms. The molecule has 2 rings (SSSR count). The van der Waals surface area contributed by atoms with Gasteiger partial charge in [-0.05, 0) is 19.1 Å². The van der Waals surface area contributed by atoms with E-state index in [4.69, 9.17) is 0 Å². The van der Waals surface area contributed by atoms with Crippen LogP contribution in [0.2, 0.25) is 0 Å². The molecule has 0 fully saturated rings. The lowest BCUT2D eigenvalue weighted by Gasteiger charge is -2.17. The Morgan fingerprint density at radius 1 is 1.29 bits per heavy atom. The second-order valence-electron chi connectivity index (χ2n) is 3.51. The molecule has 0 aromatic carbocycles. The molecule has 0 aliphatic carbocycles. The maximum absolute atomic E-state index is 12.2. The minimum Gasteiger partial charge on any atom is -0.332 e. The van der Waals surface area contributed by atoms with Gasteiger partial charge in [-0.15, -0.1) is 0 Å². The number of anilines is 1. The Hall–Kier alpha value is -1.89. The van der Waals surface area contributed by atoms with Gasteiger partial charge in [-0.25, -0.2) is 4.98 Å². The van der Waals surface area contributed by atoms with Crippen molar-refractivity contribution in [2.45, 2.75) is 11.9 Å². The van der Waals surface area contributed by atoms with Gasteiger partial charge in [0.15, 0.2) is 5.03 Å². The number of H-pyrrole nitrogens is 1. The van der Waals surface area contributed by atoms with Gasteiger partial charge in [-0.1, -0.05) is 0 Å². The number of aromatic amines is 1. The van der Waals surface area contributed by atoms with Crippen molar-refractivity contribution in [2.24, 2.45) is 0 Å². The minimum absolute atomic E-state index is 0.0781. The van der Waals surface area contributed by atoms with E-state index >= 15 is 0 Å². The molecule has 0 spiro atoms. The molecule has 0 amide bonds. The maximum Gasteiger partial charge on any atom is 0.281 e. The largest absolute Gasteiger partial charge is 0.332 e. The Morgan fingerprint density at radius 3 is 2.47 bits per heavy atom. The third-order valence-electron chi connectivity index (χ3n) is 2.34. The van der Waals surface area contributed by atoms with Gasteiger partial charge < -0.3 is 4.98 Å². The number of aryl methyl sites for hydroxylation is 1. The lowest BCUT2D eigenvalue weighted by atomic mass is 10.4. The van der Waals surface area contributed by atoms with Crippen molar-refractivity contribution in [3.63, 3.8) is 0 Å². The van der Waals surface area contributed by atoms with E-state index in [9.17, 15) is 8.42 Å². The molecule has 2 aromatic rings. The van der Waals surface area contributed by atoms with E-state index in [0.717, 1.165) is 0 Å². The van der Waals surface area contributed by atoms with Gasteiger partial charge in [0.05, 0.1) is 11.9 Å². The molecule has 0 unspecified atom stereocenters. The number of hydrogen-bond acceptors (Lipinski definition) is 4. The molecule has 0 atom stereocenters. The molecule has 2 heterocycles. The first-order valence-electron chi connectivity index (χ1n) is 4.92. The van der Waals surface area contributed by atoms with Crippen LogP contribution in [0.25, 0.3) is 0 Å². The molecule has 6 nitrogen and oxygen atoms in total. The van der Waals surface area contributed by atoms with Crippen LogP contribution in [0.3, 0.4) is 0 Å². The molecule has 0 aliphatic rings. The van der Waals surface area contributed by atoms with Gasteiger partial charge in [-0.3, -0.25) is 9.29 Å². The number of rotatable bonds is 3. The second-order valence-corrected chi connectivity index (χ2v) is 5.45. The van der Waals surface area contributed by atoms with Gasteiger partial charge in [0, 0.05) is 19.4 Å². The summed E-state index contributed by atoms with van der Waals surface area (Å²) in [6, 6.07) is 3.25. The average Bonchev–Trinajstić information content (AvgIpc) is 2.77. The molecule has 0 bridgehead atoms. The summed E-state index contributed by atoms with van der Waals surface area (Å²) in [7, 11) is -2.10. The van der Waals surface area contributed by atoms with Crippen LogP contribution in [0.15, 0.2) is 35.7 Å². The topological polar surface area (TPSA) is 79.0 Å². The van der Waals surface area contributed by atoms with E-state index in [-0.39, 0.29) is 5.03 Å². The fourth-order valence-corrected chi connectivity index (χ4v) is 2.53. The van der Waals surface area contributed by atoms with Gasteiger partial charge in [0.1, 0.15) is 5.82 Å². The molecule has 0 radical (unpaired) electrons. The monoisotopic (exact) mass is 252 g/mol. The molecular formula is C10H12N4O2S. The van der Waals surface area contributed by atoms with Crippen molar-refractivity contribution >= 4 is 15.7 Å². The quantitative estimate of drug-likeness (QED) is 0.881. The zero-order chi connectivity index (χ0) is 12.5. The fraction of sp³-hybridized carbons (Fsp3) is 0.200. The Labute approximate surface area is 99.4 Å². The Balaban J connectivity index is 2.40. The predicted octanol–water partition coefficient (Wildman–Crippen LogP) is 0.938. The predicted molar refractivity (Wildman–Crippen MR) is 63.2 cm³/mol. The molecule has 1 N–H and O–H groups in total. The molecular weight excluding hydrogens is 240 g/mol. The highest BCUT2D eigenvalue weighted by molar-refractivity contribution is 7.92. The molecule has 2 aromatic heterocycles. The zero-order valence-electron chi connectivity index (χ0n) is 9.45. The normalized spacial score (nSPS) is 11.4. The van der Waals surface area contributed by atoms with E-state index in [1.54, 1.807) is 31.5 Å². The van der Waals surface area contributed by atoms with E-state index in [1.807, 2.05) is 0 Å². The average molecular weight is 252 g/mol. The van der Waals surface area contributed by atoms with Gasteiger partial charge in [0.25, 0.3) is 10.0 Å². The number of hydrogen-bond donors (Lipinski definition) is 1. The van der Waals surface area contributed by atoms with Crippen LogP contribution in [-0.4, -0.2) is 30.4 Å². The third-order valence-corrected chi connectivity index (χ3v) is 4.04. The molecule has 17 heavy (non-hydrogen) atoms. The van der Waals surface area contributed by atoms with E-state index in [0.29, 0.717) is 11.5 Å². The molecule has 0 saturated carbocycles. The molecule has 90 valence electrons. The first-order valence-corrected chi connectivity index (χ1v) is 6.36. The lowest BCUT2D eigenvalue weighted by Crippen LogP contribution is -2.26. The lowest BCUT2D eigenvalue weighted by molar-refractivity contribution is 0.591. The minimum atomic E-state index is -3.58. The Kier molecular flexibility index (Phi) is 2.84. The summed E-state index contributed by atoms with van der Waals surface area (Å²) in [5.74, 6) is 0.562. The van der Waals surface area contributed by atoms with Crippen LogP contribution in [0.5, 0.6) is 0 Å². The number of aromatic nitrogens is 3. The van der Waals surface area contributed by atoms with Gasteiger partial charge in [-0.2, -0.15) is 8.42 Å². The van der Waals surface area contributed by atoms with Crippen LogP contribution in [0, 0.1) is 6.92 Å². The van der Waals surface area contributed by atoms with E-state index in [1.165, 1.54) is 17.5 Å². The van der Waals surface area contributed by atoms with E-state index in [2.05, 4.69) is 15.0 Å². The standard InChI is InChI=1S/C10H12N4O2S/c1-8-12-7-10(13-8)17(15,16)14(2)9-3-5-11-6-4-9/h3-7H,1-2H3,(H,12,13). The van der Waals surface area contributed by atoms with Gasteiger partial charge in [0.2, 0.25) is 0 Å². The van der Waals surface area contributed by atoms with Crippen LogP contribution < -0.4 is 4.31 Å². The van der Waals surface area contributed by atoms with Crippen molar-refractivity contribution < 1.29 is 8.42 Å². The van der Waals surface area contributed by atoms with Crippen molar-refractivity contribution in [3.8, 4) is 0 Å². The number of pyridine rings is 1. The number of sulfonamides is 1. The number of nitrogens with zero attached hydrogens (tertiary/aromatic N) is 3. The first kappa shape index (κ1) is 11.6. The van der Waals surface area contributed by atoms with E-state index < -0.39 is 10.0 Å². The first-order chi connectivity index (χ1) is 8.01. The summed E-state index contributed by atoms with van der Waals surface area (Å²) in [5.41, 5.74) is 0.548. The maximum atomic E-state index is 12.2. The smallest absolute Gasteiger partial charge is 0.281 e. The third kappa shape index (κ3) is 2.14. The molecule has 0 aliphatic heterocycles. The summed E-state index contributed by atoms with van der Waals surface area (Å²) in [5, 5.41) is 0.0781. The van der Waals surface area contributed by atoms with Gasteiger partial charge >= 0.3 is 0 Å². The SMILES string of the molecule is Cc1ncc(S(=O)(=O)N(C)c2ccncc2)[nH]1. The summed E-state index contributed by atoms with van der Waals surface area (Å²) in [4.78, 5) is 10.4. The van der Waals surface area contributed by atoms with Crippen molar-refractivity contribution in [2.75, 3.05) is 11.4 Å². The second kappa shape index (κ2) is 4.17. The van der Waals surface area contributed by atoms with Crippen molar-refractivity contribution in [1.82, 2.24) is 15.0 Å². The summed E-state index contributed by atoms with van der Waals surface area (Å²) in [6.07, 6.45) is 4.39. The summed E-state index contributed by atoms with van der Waals surface area (Å²) in [6.45, 7) is 1.70.